The lowest BCUT2D eigenvalue weighted by Crippen LogP contribution is -2.17. The zero-order valence-electron chi connectivity index (χ0n) is 35.4. The lowest BCUT2D eigenvalue weighted by atomic mass is 9.77. The van der Waals surface area contributed by atoms with E-state index in [4.69, 9.17) is 0 Å². The van der Waals surface area contributed by atoms with E-state index in [1.807, 2.05) is 0 Å². The summed E-state index contributed by atoms with van der Waals surface area (Å²) in [7, 11) is 0. The van der Waals surface area contributed by atoms with Crippen molar-refractivity contribution in [2.24, 2.45) is 0 Å². The Hall–Kier alpha value is -7.42. The van der Waals surface area contributed by atoms with Crippen LogP contribution in [-0.4, -0.2) is 9.13 Å². The van der Waals surface area contributed by atoms with Crippen LogP contribution in [0.2, 0.25) is 0 Å². The summed E-state index contributed by atoms with van der Waals surface area (Å²) in [6, 6.07) is 72.5. The van der Waals surface area contributed by atoms with Crippen molar-refractivity contribution in [1.29, 1.82) is 0 Å². The predicted octanol–water partition coefficient (Wildman–Crippen LogP) is 15.8. The summed E-state index contributed by atoms with van der Waals surface area (Å²) in [5.74, 6) is 0. The first-order chi connectivity index (χ1) is 30.3. The molecule has 2 aliphatic carbocycles. The Balaban J connectivity index is 1.13. The fourth-order valence-electron chi connectivity index (χ4n) is 11.8. The molecule has 9 aromatic carbocycles. The van der Waals surface area contributed by atoms with Gasteiger partial charge in [0, 0.05) is 54.9 Å². The van der Waals surface area contributed by atoms with Gasteiger partial charge < -0.3 is 9.13 Å². The molecule has 11 aromatic rings. The van der Waals surface area contributed by atoms with Crippen LogP contribution in [0.3, 0.4) is 0 Å². The largest absolute Gasteiger partial charge is 0.309 e. The first-order valence-corrected chi connectivity index (χ1v) is 21.9. The highest BCUT2D eigenvalue weighted by atomic mass is 15.0. The van der Waals surface area contributed by atoms with E-state index in [0.29, 0.717) is 0 Å². The Labute approximate surface area is 362 Å². The van der Waals surface area contributed by atoms with Gasteiger partial charge in [-0.15, -0.1) is 0 Å². The number of benzene rings is 9. The Morgan fingerprint density at radius 1 is 0.323 bits per heavy atom. The predicted molar refractivity (Wildman–Crippen MR) is 261 cm³/mol. The molecule has 0 spiro atoms. The molecule has 0 bridgehead atoms. The molecule has 0 aliphatic heterocycles. The topological polar surface area (TPSA) is 9.86 Å². The fourth-order valence-corrected chi connectivity index (χ4v) is 11.8. The molecule has 62 heavy (non-hydrogen) atoms. The molecule has 13 rings (SSSR count). The Bertz CT molecular complexity index is 3430. The van der Waals surface area contributed by atoms with Gasteiger partial charge in [-0.25, -0.2) is 0 Å². The quantitative estimate of drug-likeness (QED) is 0.168. The number of para-hydroxylation sites is 4. The molecule has 2 aromatic heterocycles. The molecule has 2 heterocycles. The molecule has 294 valence electrons. The second kappa shape index (κ2) is 12.6. The van der Waals surface area contributed by atoms with Crippen molar-refractivity contribution in [2.45, 2.75) is 38.5 Å². The van der Waals surface area contributed by atoms with Gasteiger partial charge in [-0.2, -0.15) is 0 Å². The van der Waals surface area contributed by atoms with E-state index < -0.39 is 0 Å². The van der Waals surface area contributed by atoms with Gasteiger partial charge in [0.05, 0.1) is 22.1 Å². The molecule has 0 unspecified atom stereocenters. The highest BCUT2D eigenvalue weighted by Crippen LogP contribution is 2.59. The maximum Gasteiger partial charge on any atom is 0.0623 e. The van der Waals surface area contributed by atoms with E-state index in [2.05, 4.69) is 231 Å². The summed E-state index contributed by atoms with van der Waals surface area (Å²) < 4.78 is 5.01. The molecule has 0 saturated carbocycles. The molecule has 0 fully saturated rings. The third-order valence-corrected chi connectivity index (χ3v) is 14.4. The van der Waals surface area contributed by atoms with Crippen molar-refractivity contribution >= 4 is 43.6 Å². The minimum Gasteiger partial charge on any atom is -0.309 e. The average Bonchev–Trinajstić information content (AvgIpc) is 3.98. The zero-order valence-corrected chi connectivity index (χ0v) is 35.4. The molecule has 0 atom stereocenters. The minimum absolute atomic E-state index is 0.230. The number of nitrogens with zero attached hydrogens (tertiary/aromatic N) is 2. The van der Waals surface area contributed by atoms with Crippen LogP contribution in [0.15, 0.2) is 194 Å². The van der Waals surface area contributed by atoms with E-state index in [0.717, 1.165) is 0 Å². The van der Waals surface area contributed by atoms with Gasteiger partial charge in [0.2, 0.25) is 0 Å². The van der Waals surface area contributed by atoms with Gasteiger partial charge in [0.25, 0.3) is 0 Å². The van der Waals surface area contributed by atoms with Crippen LogP contribution in [0.25, 0.3) is 99.5 Å². The van der Waals surface area contributed by atoms with E-state index in [1.165, 1.54) is 122 Å². The van der Waals surface area contributed by atoms with E-state index in [-0.39, 0.29) is 10.8 Å². The van der Waals surface area contributed by atoms with Gasteiger partial charge in [-0.1, -0.05) is 167 Å². The first kappa shape index (κ1) is 35.3. The number of fused-ring (bicyclic) bond motifs is 14. The third-order valence-electron chi connectivity index (χ3n) is 14.4. The maximum absolute atomic E-state index is 2.52. The van der Waals surface area contributed by atoms with Crippen LogP contribution < -0.4 is 0 Å². The SMILES string of the molecule is CC1(C)c2ccccc2-c2c1c(-c1cccc(-c3cc4c5ccccc5n(-c5ccccc5)c4c4c3C(C)(C)c3ccccc3-4)c1)cc1c3ccccc3n(-c3ccccc3)c21. The van der Waals surface area contributed by atoms with Crippen molar-refractivity contribution in [3.8, 4) is 55.9 Å². The summed E-state index contributed by atoms with van der Waals surface area (Å²) in [6.07, 6.45) is 0. The number of rotatable bonds is 4. The molecular weight excluding hydrogens is 749 g/mol. The highest BCUT2D eigenvalue weighted by molar-refractivity contribution is 6.19. The van der Waals surface area contributed by atoms with E-state index in [9.17, 15) is 0 Å². The molecule has 0 radical (unpaired) electrons. The highest BCUT2D eigenvalue weighted by Gasteiger charge is 2.42. The van der Waals surface area contributed by atoms with Gasteiger partial charge >= 0.3 is 0 Å². The summed E-state index contributed by atoms with van der Waals surface area (Å²) in [5.41, 5.74) is 22.9. The molecule has 0 N–H and O–H groups in total. The summed E-state index contributed by atoms with van der Waals surface area (Å²) in [6.45, 7) is 9.70. The smallest absolute Gasteiger partial charge is 0.0623 e. The van der Waals surface area contributed by atoms with Crippen LogP contribution in [0.5, 0.6) is 0 Å². The zero-order chi connectivity index (χ0) is 41.5. The Kier molecular flexibility index (Phi) is 7.16. The Morgan fingerprint density at radius 3 is 1.16 bits per heavy atom. The number of aromatic nitrogens is 2. The van der Waals surface area contributed by atoms with Crippen LogP contribution >= 0.6 is 0 Å². The van der Waals surface area contributed by atoms with Crippen LogP contribution in [-0.2, 0) is 10.8 Å². The van der Waals surface area contributed by atoms with Crippen LogP contribution in [0.1, 0.15) is 49.9 Å². The third kappa shape index (κ3) is 4.59. The van der Waals surface area contributed by atoms with E-state index >= 15 is 0 Å². The van der Waals surface area contributed by atoms with Crippen molar-refractivity contribution in [3.05, 3.63) is 216 Å². The van der Waals surface area contributed by atoms with Crippen molar-refractivity contribution in [2.75, 3.05) is 0 Å². The summed E-state index contributed by atoms with van der Waals surface area (Å²) in [5, 5.41) is 5.10. The minimum atomic E-state index is -0.230. The maximum atomic E-state index is 2.52. The van der Waals surface area contributed by atoms with Crippen molar-refractivity contribution in [3.63, 3.8) is 0 Å². The first-order valence-electron chi connectivity index (χ1n) is 21.9. The Morgan fingerprint density at radius 2 is 0.710 bits per heavy atom. The number of hydrogen-bond acceptors (Lipinski definition) is 0. The fraction of sp³-hybridized carbons (Fsp3) is 0.100. The van der Waals surface area contributed by atoms with Crippen molar-refractivity contribution < 1.29 is 0 Å². The molecule has 2 nitrogen and oxygen atoms in total. The average molecular weight is 793 g/mol. The summed E-state index contributed by atoms with van der Waals surface area (Å²) in [4.78, 5) is 0. The monoisotopic (exact) mass is 792 g/mol. The molecule has 2 heteroatoms. The van der Waals surface area contributed by atoms with Gasteiger partial charge in [0.1, 0.15) is 0 Å². The van der Waals surface area contributed by atoms with Crippen LogP contribution in [0.4, 0.5) is 0 Å². The molecule has 0 saturated heterocycles. The van der Waals surface area contributed by atoms with E-state index in [1.54, 1.807) is 0 Å². The standard InChI is InChI=1S/C60H44N2/c1-59(2)49-30-15-11-28-43(49)53-55(59)45(35-47-41-26-13-17-32-51(41)61(57(47)53)39-22-7-5-8-23-39)37-20-19-21-38(34-37)46-36-48-42-27-14-18-33-52(42)62(40-24-9-6-10-25-40)58(48)54-44-29-12-16-31-50(44)60(3,4)56(46)54/h5-36H,1-4H3. The number of hydrogen-bond donors (Lipinski definition) is 0. The van der Waals surface area contributed by atoms with Crippen molar-refractivity contribution in [1.82, 2.24) is 9.13 Å². The molecule has 2 aliphatic rings. The normalized spacial score (nSPS) is 14.4. The van der Waals surface area contributed by atoms with Gasteiger partial charge in [0.15, 0.2) is 0 Å². The lowest BCUT2D eigenvalue weighted by Gasteiger charge is -2.26. The van der Waals surface area contributed by atoms with Gasteiger partial charge in [-0.3, -0.25) is 0 Å². The second-order valence-corrected chi connectivity index (χ2v) is 18.4. The molecule has 0 amide bonds. The molecular formula is C60H44N2. The van der Waals surface area contributed by atoms with Gasteiger partial charge in [-0.05, 0) is 110 Å². The summed E-state index contributed by atoms with van der Waals surface area (Å²) >= 11 is 0. The second-order valence-electron chi connectivity index (χ2n) is 18.4. The van der Waals surface area contributed by atoms with Crippen LogP contribution in [0, 0.1) is 0 Å². The lowest BCUT2D eigenvalue weighted by molar-refractivity contribution is 0.662.